The molecule has 154 valence electrons. The van der Waals surface area contributed by atoms with Crippen molar-refractivity contribution in [3.63, 3.8) is 0 Å². The zero-order valence-corrected chi connectivity index (χ0v) is 17.0. The zero-order chi connectivity index (χ0) is 20.9. The summed E-state index contributed by atoms with van der Waals surface area (Å²) in [6.07, 6.45) is 0. The van der Waals surface area contributed by atoms with Crippen molar-refractivity contribution in [2.24, 2.45) is 0 Å². The molecule has 1 aliphatic heterocycles. The van der Waals surface area contributed by atoms with Crippen molar-refractivity contribution in [3.8, 4) is 0 Å². The third-order valence-corrected chi connectivity index (χ3v) is 6.38. The minimum Gasteiger partial charge on any atom is -0.376 e. The van der Waals surface area contributed by atoms with Crippen LogP contribution in [0.3, 0.4) is 0 Å². The summed E-state index contributed by atoms with van der Waals surface area (Å²) < 4.78 is 26.6. The van der Waals surface area contributed by atoms with Crippen LogP contribution in [0.5, 0.6) is 0 Å². The van der Waals surface area contributed by atoms with Crippen molar-refractivity contribution < 1.29 is 18.0 Å². The molecule has 0 radical (unpaired) electrons. The first-order chi connectivity index (χ1) is 13.8. The van der Waals surface area contributed by atoms with Crippen molar-refractivity contribution in [1.29, 1.82) is 0 Å². The van der Waals surface area contributed by atoms with Gasteiger partial charge in [-0.15, -0.1) is 0 Å². The highest BCUT2D eigenvalue weighted by Crippen LogP contribution is 2.20. The predicted molar refractivity (Wildman–Crippen MR) is 110 cm³/mol. The lowest BCUT2D eigenvalue weighted by Crippen LogP contribution is -2.49. The fourth-order valence-corrected chi connectivity index (χ4v) is 4.33. The highest BCUT2D eigenvalue weighted by atomic mass is 32.2. The topological polar surface area (TPSA) is 108 Å². The average molecular weight is 417 g/mol. The van der Waals surface area contributed by atoms with Crippen LogP contribution in [0.25, 0.3) is 0 Å². The van der Waals surface area contributed by atoms with E-state index >= 15 is 0 Å². The second-order valence-corrected chi connectivity index (χ2v) is 8.77. The summed E-state index contributed by atoms with van der Waals surface area (Å²) in [5.74, 6) is -0.522. The van der Waals surface area contributed by atoms with E-state index in [1.807, 2.05) is 31.2 Å². The van der Waals surface area contributed by atoms with Crippen LogP contribution >= 0.6 is 0 Å². The van der Waals surface area contributed by atoms with E-state index in [4.69, 9.17) is 0 Å². The Hall–Kier alpha value is -2.91. The van der Waals surface area contributed by atoms with Gasteiger partial charge in [0.15, 0.2) is 0 Å². The second kappa shape index (κ2) is 9.06. The number of amides is 2. The summed E-state index contributed by atoms with van der Waals surface area (Å²) in [5.41, 5.74) is 2.67. The van der Waals surface area contributed by atoms with Crippen LogP contribution in [0, 0.1) is 6.92 Å². The number of carbonyl (C=O) groups is 2. The fourth-order valence-electron chi connectivity index (χ4n) is 2.89. The number of nitrogens with one attached hydrogen (secondary N) is 3. The van der Waals surface area contributed by atoms with Crippen LogP contribution in [-0.2, 0) is 26.2 Å². The third-order valence-electron chi connectivity index (χ3n) is 4.54. The van der Waals surface area contributed by atoms with Gasteiger partial charge in [0.1, 0.15) is 0 Å². The molecule has 2 amide bonds. The molecule has 0 saturated carbocycles. The lowest BCUT2D eigenvalue weighted by atomic mass is 10.1. The van der Waals surface area contributed by atoms with Gasteiger partial charge in [0.05, 0.1) is 18.0 Å². The van der Waals surface area contributed by atoms with Crippen LogP contribution in [0.2, 0.25) is 0 Å². The molecule has 2 aromatic carbocycles. The smallest absolute Gasteiger partial charge is 0.243 e. The minimum atomic E-state index is -3.77. The Bertz CT molecular complexity index is 990. The molecule has 2 aromatic rings. The molecule has 0 aromatic heterocycles. The highest BCUT2D eigenvalue weighted by molar-refractivity contribution is 7.89. The number of rotatable bonds is 7. The van der Waals surface area contributed by atoms with Crippen LogP contribution in [0.15, 0.2) is 53.4 Å². The Morgan fingerprint density at radius 1 is 1.17 bits per heavy atom. The van der Waals surface area contributed by atoms with Gasteiger partial charge in [-0.1, -0.05) is 35.9 Å². The van der Waals surface area contributed by atoms with Gasteiger partial charge in [0.2, 0.25) is 21.8 Å². The summed E-state index contributed by atoms with van der Waals surface area (Å²) in [6.45, 7) is 2.76. The van der Waals surface area contributed by atoms with Gasteiger partial charge >= 0.3 is 0 Å². The van der Waals surface area contributed by atoms with Crippen molar-refractivity contribution in [1.82, 2.24) is 14.9 Å². The molecular weight excluding hydrogens is 392 g/mol. The van der Waals surface area contributed by atoms with E-state index in [-0.39, 0.29) is 42.9 Å². The third kappa shape index (κ3) is 5.55. The minimum absolute atomic E-state index is 0.0154. The van der Waals surface area contributed by atoms with Crippen molar-refractivity contribution in [2.75, 3.05) is 31.5 Å². The van der Waals surface area contributed by atoms with Crippen molar-refractivity contribution in [2.45, 2.75) is 18.4 Å². The first-order valence-electron chi connectivity index (χ1n) is 9.27. The van der Waals surface area contributed by atoms with E-state index in [1.165, 1.54) is 12.1 Å². The molecule has 29 heavy (non-hydrogen) atoms. The summed E-state index contributed by atoms with van der Waals surface area (Å²) in [4.78, 5) is 23.7. The standard InChI is InChI=1S/C20H24N4O4S/c1-15-5-7-16(8-6-15)12-23-19(25)13-22-17-3-2-4-18(11-17)29(27,28)24-10-9-21-20(26)14-24/h2-8,11,22H,9-10,12-14H2,1H3,(H,21,26)(H,23,25). The Kier molecular flexibility index (Phi) is 6.50. The van der Waals surface area contributed by atoms with Gasteiger partial charge in [-0.05, 0) is 30.7 Å². The van der Waals surface area contributed by atoms with Crippen LogP contribution < -0.4 is 16.0 Å². The number of piperazine rings is 1. The summed E-state index contributed by atoms with van der Waals surface area (Å²) >= 11 is 0. The molecular formula is C20H24N4O4S. The van der Waals surface area contributed by atoms with Crippen LogP contribution in [0.1, 0.15) is 11.1 Å². The summed E-state index contributed by atoms with van der Waals surface area (Å²) in [7, 11) is -3.77. The molecule has 0 spiro atoms. The predicted octanol–water partition coefficient (Wildman–Crippen LogP) is 0.844. The Labute approximate surface area is 170 Å². The number of sulfonamides is 1. The first-order valence-corrected chi connectivity index (χ1v) is 10.7. The van der Waals surface area contributed by atoms with Crippen LogP contribution in [0.4, 0.5) is 5.69 Å². The second-order valence-electron chi connectivity index (χ2n) is 6.83. The lowest BCUT2D eigenvalue weighted by molar-refractivity contribution is -0.122. The molecule has 3 rings (SSSR count). The maximum Gasteiger partial charge on any atom is 0.243 e. The largest absolute Gasteiger partial charge is 0.376 e. The molecule has 0 atom stereocenters. The number of hydrogen-bond acceptors (Lipinski definition) is 5. The summed E-state index contributed by atoms with van der Waals surface area (Å²) in [5, 5.41) is 8.36. The molecule has 8 nitrogen and oxygen atoms in total. The fraction of sp³-hybridized carbons (Fsp3) is 0.300. The number of hydrogen-bond donors (Lipinski definition) is 3. The maximum absolute atomic E-state index is 12.7. The quantitative estimate of drug-likeness (QED) is 0.620. The van der Waals surface area contributed by atoms with Gasteiger partial charge in [0, 0.05) is 25.3 Å². The zero-order valence-electron chi connectivity index (χ0n) is 16.1. The van der Waals surface area contributed by atoms with E-state index in [0.717, 1.165) is 15.4 Å². The van der Waals surface area contributed by atoms with Gasteiger partial charge in [0.25, 0.3) is 0 Å². The lowest BCUT2D eigenvalue weighted by Gasteiger charge is -2.26. The number of aryl methyl sites for hydroxylation is 1. The Morgan fingerprint density at radius 2 is 1.93 bits per heavy atom. The molecule has 0 bridgehead atoms. The molecule has 9 heteroatoms. The molecule has 0 unspecified atom stereocenters. The monoisotopic (exact) mass is 416 g/mol. The Morgan fingerprint density at radius 3 is 2.66 bits per heavy atom. The van der Waals surface area contributed by atoms with E-state index in [9.17, 15) is 18.0 Å². The number of carbonyl (C=O) groups excluding carboxylic acids is 2. The summed E-state index contributed by atoms with van der Waals surface area (Å²) in [6, 6.07) is 14.1. The van der Waals surface area contributed by atoms with Crippen molar-refractivity contribution in [3.05, 3.63) is 59.7 Å². The molecule has 3 N–H and O–H groups in total. The maximum atomic E-state index is 12.7. The molecule has 0 aliphatic carbocycles. The van der Waals surface area contributed by atoms with Gasteiger partial charge in [-0.25, -0.2) is 8.42 Å². The molecule has 1 heterocycles. The normalized spacial score (nSPS) is 14.9. The van der Waals surface area contributed by atoms with E-state index in [0.29, 0.717) is 12.2 Å². The van der Waals surface area contributed by atoms with Crippen LogP contribution in [-0.4, -0.2) is 50.7 Å². The van der Waals surface area contributed by atoms with Crippen molar-refractivity contribution >= 4 is 27.5 Å². The molecule has 1 saturated heterocycles. The van der Waals surface area contributed by atoms with E-state index in [2.05, 4.69) is 16.0 Å². The van der Waals surface area contributed by atoms with Gasteiger partial charge < -0.3 is 16.0 Å². The molecule has 1 aliphatic rings. The number of nitrogens with zero attached hydrogens (tertiary/aromatic N) is 1. The first kappa shape index (κ1) is 20.8. The molecule has 1 fully saturated rings. The number of benzene rings is 2. The SMILES string of the molecule is Cc1ccc(CNC(=O)CNc2cccc(S(=O)(=O)N3CCNC(=O)C3)c2)cc1. The average Bonchev–Trinajstić information content (AvgIpc) is 2.72. The van der Waals surface area contributed by atoms with Gasteiger partial charge in [-0.3, -0.25) is 9.59 Å². The van der Waals surface area contributed by atoms with Gasteiger partial charge in [-0.2, -0.15) is 4.31 Å². The van der Waals surface area contributed by atoms with E-state index < -0.39 is 10.0 Å². The van der Waals surface area contributed by atoms with E-state index in [1.54, 1.807) is 12.1 Å². The highest BCUT2D eigenvalue weighted by Gasteiger charge is 2.29. The Balaban J connectivity index is 1.57. The number of anilines is 1.